The molecule has 2 fully saturated rings. The Hall–Kier alpha value is -2.32. The molecule has 2 saturated heterocycles. The van der Waals surface area contributed by atoms with E-state index < -0.39 is 24.5 Å². The number of hydrogen-bond donors (Lipinski definition) is 1. The number of amides is 2. The molecule has 0 bridgehead atoms. The zero-order chi connectivity index (χ0) is 20.1. The van der Waals surface area contributed by atoms with Crippen LogP contribution in [0.1, 0.15) is 42.5 Å². The van der Waals surface area contributed by atoms with Gasteiger partial charge in [0, 0.05) is 32.4 Å². The maximum absolute atomic E-state index is 12.9. The first-order chi connectivity index (χ1) is 13.3. The van der Waals surface area contributed by atoms with Gasteiger partial charge in [-0.3, -0.25) is 9.59 Å². The fraction of sp³-hybridized carbons (Fsp3) is 0.632. The van der Waals surface area contributed by atoms with Crippen molar-refractivity contribution < 1.29 is 22.8 Å². The van der Waals surface area contributed by atoms with Crippen LogP contribution in [0.25, 0.3) is 0 Å². The van der Waals surface area contributed by atoms with Gasteiger partial charge in [-0.05, 0) is 44.2 Å². The highest BCUT2D eigenvalue weighted by Gasteiger charge is 2.33. The number of alkyl halides is 3. The predicted octanol–water partition coefficient (Wildman–Crippen LogP) is 2.60. The van der Waals surface area contributed by atoms with E-state index in [1.165, 1.54) is 0 Å². The number of anilines is 1. The van der Waals surface area contributed by atoms with Gasteiger partial charge in [0.05, 0.1) is 11.5 Å². The maximum Gasteiger partial charge on any atom is 0.405 e. The van der Waals surface area contributed by atoms with E-state index in [1.807, 2.05) is 15.1 Å². The summed E-state index contributed by atoms with van der Waals surface area (Å²) >= 11 is 0. The van der Waals surface area contributed by atoms with Gasteiger partial charge in [-0.2, -0.15) is 13.2 Å². The molecular formula is C19H25F3N4O2. The molecule has 0 spiro atoms. The lowest BCUT2D eigenvalue weighted by atomic mass is 9.96. The Bertz CT molecular complexity index is 705. The number of aromatic nitrogens is 1. The Labute approximate surface area is 162 Å². The molecule has 2 amide bonds. The summed E-state index contributed by atoms with van der Waals surface area (Å²) < 4.78 is 37.1. The fourth-order valence-electron chi connectivity index (χ4n) is 3.80. The van der Waals surface area contributed by atoms with Gasteiger partial charge in [-0.25, -0.2) is 4.98 Å². The minimum Gasteiger partial charge on any atom is -0.355 e. The number of likely N-dealkylation sites (tertiary alicyclic amines) is 1. The molecule has 2 aliphatic rings. The van der Waals surface area contributed by atoms with Crippen LogP contribution in [0.3, 0.4) is 0 Å². The van der Waals surface area contributed by atoms with Crippen LogP contribution < -0.4 is 10.2 Å². The first-order valence-corrected chi connectivity index (χ1v) is 9.69. The summed E-state index contributed by atoms with van der Waals surface area (Å²) in [5.74, 6) is -0.740. The van der Waals surface area contributed by atoms with E-state index in [9.17, 15) is 22.8 Å². The molecule has 1 N–H and O–H groups in total. The normalized spacial score (nSPS) is 20.8. The van der Waals surface area contributed by atoms with E-state index in [2.05, 4.69) is 4.98 Å². The van der Waals surface area contributed by atoms with Crippen molar-refractivity contribution in [2.24, 2.45) is 5.92 Å². The number of nitrogens with one attached hydrogen (secondary N) is 1. The van der Waals surface area contributed by atoms with Gasteiger partial charge in [0.2, 0.25) is 5.91 Å². The van der Waals surface area contributed by atoms with Crippen LogP contribution in [-0.4, -0.2) is 60.6 Å². The van der Waals surface area contributed by atoms with Crippen molar-refractivity contribution in [2.75, 3.05) is 37.6 Å². The number of halogens is 3. The van der Waals surface area contributed by atoms with Gasteiger partial charge in [0.15, 0.2) is 0 Å². The summed E-state index contributed by atoms with van der Waals surface area (Å²) in [6.45, 7) is 0.969. The van der Waals surface area contributed by atoms with E-state index in [-0.39, 0.29) is 12.5 Å². The largest absolute Gasteiger partial charge is 0.405 e. The van der Waals surface area contributed by atoms with Crippen molar-refractivity contribution in [2.45, 2.75) is 38.3 Å². The topological polar surface area (TPSA) is 65.5 Å². The quantitative estimate of drug-likeness (QED) is 0.847. The highest BCUT2D eigenvalue weighted by molar-refractivity contribution is 5.99. The lowest BCUT2D eigenvalue weighted by molar-refractivity contribution is -0.140. The second kappa shape index (κ2) is 8.79. The minimum atomic E-state index is -4.43. The molecule has 3 heterocycles. The van der Waals surface area contributed by atoms with Crippen molar-refractivity contribution >= 4 is 17.6 Å². The first kappa shape index (κ1) is 20.4. The molecule has 0 radical (unpaired) electrons. The van der Waals surface area contributed by atoms with Crippen LogP contribution in [0.15, 0.2) is 18.3 Å². The van der Waals surface area contributed by atoms with Crippen LogP contribution in [0.5, 0.6) is 0 Å². The molecule has 28 heavy (non-hydrogen) atoms. The molecule has 1 unspecified atom stereocenters. The van der Waals surface area contributed by atoms with Crippen LogP contribution in [0, 0.1) is 5.92 Å². The summed E-state index contributed by atoms with van der Waals surface area (Å²) in [6, 6.07) is 3.44. The van der Waals surface area contributed by atoms with Crippen molar-refractivity contribution in [3.05, 3.63) is 23.9 Å². The van der Waals surface area contributed by atoms with Gasteiger partial charge in [-0.1, -0.05) is 0 Å². The molecule has 1 aromatic heterocycles. The Morgan fingerprint density at radius 1 is 1.14 bits per heavy atom. The van der Waals surface area contributed by atoms with Gasteiger partial charge < -0.3 is 15.1 Å². The first-order valence-electron chi connectivity index (χ1n) is 9.69. The summed E-state index contributed by atoms with van der Waals surface area (Å²) in [5.41, 5.74) is 0.487. The average molecular weight is 398 g/mol. The Balaban J connectivity index is 1.71. The number of piperidine rings is 2. The summed E-state index contributed by atoms with van der Waals surface area (Å²) in [4.78, 5) is 33.1. The summed E-state index contributed by atoms with van der Waals surface area (Å²) in [5, 5.41) is 1.97. The summed E-state index contributed by atoms with van der Waals surface area (Å²) in [7, 11) is 0. The number of carbonyl (C=O) groups excluding carboxylic acids is 2. The molecule has 0 aliphatic carbocycles. The van der Waals surface area contributed by atoms with Crippen molar-refractivity contribution in [3.63, 3.8) is 0 Å². The molecule has 0 saturated carbocycles. The number of hydrogen-bond acceptors (Lipinski definition) is 4. The average Bonchev–Trinajstić information content (AvgIpc) is 2.71. The predicted molar refractivity (Wildman–Crippen MR) is 98.0 cm³/mol. The Kier molecular flexibility index (Phi) is 6.41. The molecule has 154 valence electrons. The zero-order valence-corrected chi connectivity index (χ0v) is 15.7. The van der Waals surface area contributed by atoms with Gasteiger partial charge in [0.1, 0.15) is 12.4 Å². The van der Waals surface area contributed by atoms with Crippen molar-refractivity contribution in [1.82, 2.24) is 15.2 Å². The molecule has 3 rings (SSSR count). The van der Waals surface area contributed by atoms with E-state index in [4.69, 9.17) is 0 Å². The molecule has 1 aromatic rings. The second-order valence-electron chi connectivity index (χ2n) is 7.35. The third-order valence-electron chi connectivity index (χ3n) is 5.22. The number of rotatable bonds is 4. The molecule has 2 aliphatic heterocycles. The SMILES string of the molecule is O=C(NCC(F)(F)F)C1CCCN(c2ncccc2C(=O)N2CCCCC2)C1. The molecule has 6 nitrogen and oxygen atoms in total. The van der Waals surface area contributed by atoms with Crippen LogP contribution in [-0.2, 0) is 4.79 Å². The molecule has 9 heteroatoms. The third kappa shape index (κ3) is 5.14. The molecule has 1 atom stereocenters. The summed E-state index contributed by atoms with van der Waals surface area (Å²) in [6.07, 6.45) is 1.40. The van der Waals surface area contributed by atoms with Crippen LogP contribution >= 0.6 is 0 Å². The van der Waals surface area contributed by atoms with E-state index in [1.54, 1.807) is 18.3 Å². The van der Waals surface area contributed by atoms with Gasteiger partial charge in [0.25, 0.3) is 5.91 Å². The second-order valence-corrected chi connectivity index (χ2v) is 7.35. The van der Waals surface area contributed by atoms with E-state index in [0.717, 1.165) is 32.4 Å². The van der Waals surface area contributed by atoms with Gasteiger partial charge >= 0.3 is 6.18 Å². The monoisotopic (exact) mass is 398 g/mol. The smallest absolute Gasteiger partial charge is 0.355 e. The maximum atomic E-state index is 12.9. The molecular weight excluding hydrogens is 373 g/mol. The van der Waals surface area contributed by atoms with E-state index in [0.29, 0.717) is 30.8 Å². The minimum absolute atomic E-state index is 0.0774. The lowest BCUT2D eigenvalue weighted by Gasteiger charge is -2.34. The number of carbonyl (C=O) groups is 2. The van der Waals surface area contributed by atoms with Gasteiger partial charge in [-0.15, -0.1) is 0 Å². The highest BCUT2D eigenvalue weighted by Crippen LogP contribution is 2.26. The molecule has 0 aromatic carbocycles. The lowest BCUT2D eigenvalue weighted by Crippen LogP contribution is -2.46. The van der Waals surface area contributed by atoms with Crippen molar-refractivity contribution in [1.29, 1.82) is 0 Å². The Morgan fingerprint density at radius 2 is 1.89 bits per heavy atom. The number of nitrogens with zero attached hydrogens (tertiary/aromatic N) is 3. The van der Waals surface area contributed by atoms with E-state index >= 15 is 0 Å². The van der Waals surface area contributed by atoms with Crippen LogP contribution in [0.2, 0.25) is 0 Å². The fourth-order valence-corrected chi connectivity index (χ4v) is 3.80. The third-order valence-corrected chi connectivity index (χ3v) is 5.22. The van der Waals surface area contributed by atoms with Crippen LogP contribution in [0.4, 0.5) is 19.0 Å². The van der Waals surface area contributed by atoms with Crippen molar-refractivity contribution in [3.8, 4) is 0 Å². The Morgan fingerprint density at radius 3 is 2.61 bits per heavy atom. The number of pyridine rings is 1. The highest BCUT2D eigenvalue weighted by atomic mass is 19.4. The standard InChI is InChI=1S/C19H25F3N4O2/c20-19(21,22)13-24-17(27)14-6-5-11-26(12-14)16-15(7-4-8-23-16)18(28)25-9-2-1-3-10-25/h4,7-8,14H,1-3,5-6,9-13H2,(H,24,27). The zero-order valence-electron chi connectivity index (χ0n) is 15.7.